The van der Waals surface area contributed by atoms with Crippen LogP contribution in [0, 0.1) is 29.1 Å². The molecule has 4 aliphatic rings. The molecule has 25 heavy (non-hydrogen) atoms. The lowest BCUT2D eigenvalue weighted by atomic mass is 9.52. The Morgan fingerprint density at radius 2 is 1.80 bits per heavy atom. The van der Waals surface area contributed by atoms with Gasteiger partial charge < -0.3 is 5.11 Å². The zero-order chi connectivity index (χ0) is 16.9. The third-order valence-electron chi connectivity index (χ3n) is 8.39. The van der Waals surface area contributed by atoms with Gasteiger partial charge in [0, 0.05) is 0 Å². The summed E-state index contributed by atoms with van der Waals surface area (Å²) in [6.45, 7) is 0. The molecule has 5 atom stereocenters. The molecule has 1 nitrogen and oxygen atoms in total. The highest BCUT2D eigenvalue weighted by Gasteiger charge is 2.53. The van der Waals surface area contributed by atoms with Gasteiger partial charge in [0.15, 0.2) is 0 Å². The number of rotatable bonds is 2. The number of phenols is 1. The van der Waals surface area contributed by atoms with E-state index in [0.29, 0.717) is 11.2 Å². The van der Waals surface area contributed by atoms with Gasteiger partial charge in [-0.05, 0) is 105 Å². The Kier molecular flexibility index (Phi) is 3.95. The van der Waals surface area contributed by atoms with Crippen LogP contribution >= 0.6 is 0 Å². The van der Waals surface area contributed by atoms with E-state index in [-0.39, 0.29) is 0 Å². The van der Waals surface area contributed by atoms with E-state index in [1.165, 1.54) is 76.2 Å². The summed E-state index contributed by atoms with van der Waals surface area (Å²) in [6.07, 6.45) is 18.3. The second-order valence-electron chi connectivity index (χ2n) is 9.44. The van der Waals surface area contributed by atoms with Crippen molar-refractivity contribution < 1.29 is 5.11 Å². The van der Waals surface area contributed by atoms with Crippen molar-refractivity contribution in [3.63, 3.8) is 0 Å². The number of hydrogen-bond acceptors (Lipinski definition) is 1. The van der Waals surface area contributed by atoms with Gasteiger partial charge in [0.2, 0.25) is 0 Å². The van der Waals surface area contributed by atoms with E-state index in [0.717, 1.165) is 23.7 Å². The van der Waals surface area contributed by atoms with Crippen LogP contribution in [0.15, 0.2) is 35.9 Å². The summed E-state index contributed by atoms with van der Waals surface area (Å²) in [7, 11) is 0. The lowest BCUT2D eigenvalue weighted by Gasteiger charge is -2.53. The molecule has 5 rings (SSSR count). The maximum Gasteiger partial charge on any atom is 0.115 e. The van der Waals surface area contributed by atoms with Gasteiger partial charge in [0.05, 0.1) is 0 Å². The molecule has 4 aliphatic carbocycles. The fraction of sp³-hybridized carbons (Fsp3) is 0.667. The van der Waals surface area contributed by atoms with Crippen molar-refractivity contribution in [1.29, 1.82) is 0 Å². The van der Waals surface area contributed by atoms with Crippen LogP contribution in [0.1, 0.15) is 69.8 Å². The van der Waals surface area contributed by atoms with Crippen LogP contribution in [0.5, 0.6) is 5.75 Å². The second-order valence-corrected chi connectivity index (χ2v) is 9.44. The van der Waals surface area contributed by atoms with E-state index in [1.54, 1.807) is 0 Å². The quantitative estimate of drug-likeness (QED) is 0.631. The fourth-order valence-electron chi connectivity index (χ4n) is 7.37. The molecular formula is C24H32O. The largest absolute Gasteiger partial charge is 0.508 e. The Hall–Kier alpha value is -1.24. The third kappa shape index (κ3) is 2.66. The van der Waals surface area contributed by atoms with Crippen molar-refractivity contribution in [2.24, 2.45) is 29.1 Å². The number of phenolic OH excluding ortho intramolecular Hbond substituents is 1. The average molecular weight is 337 g/mol. The van der Waals surface area contributed by atoms with Crippen molar-refractivity contribution in [3.05, 3.63) is 41.5 Å². The minimum Gasteiger partial charge on any atom is -0.508 e. The molecule has 0 spiro atoms. The summed E-state index contributed by atoms with van der Waals surface area (Å²) in [5.41, 5.74) is 3.84. The molecule has 134 valence electrons. The number of aromatic hydroxyl groups is 1. The van der Waals surface area contributed by atoms with Gasteiger partial charge in [0.25, 0.3) is 0 Å². The molecule has 1 aromatic carbocycles. The highest BCUT2D eigenvalue weighted by Crippen LogP contribution is 2.62. The molecule has 0 saturated heterocycles. The topological polar surface area (TPSA) is 20.2 Å². The van der Waals surface area contributed by atoms with Gasteiger partial charge in [-0.25, -0.2) is 0 Å². The molecule has 0 aliphatic heterocycles. The van der Waals surface area contributed by atoms with Crippen molar-refractivity contribution in [3.8, 4) is 5.75 Å². The van der Waals surface area contributed by atoms with Gasteiger partial charge >= 0.3 is 0 Å². The van der Waals surface area contributed by atoms with Gasteiger partial charge in [0.1, 0.15) is 5.75 Å². The van der Waals surface area contributed by atoms with Crippen LogP contribution in [0.4, 0.5) is 0 Å². The van der Waals surface area contributed by atoms with Crippen LogP contribution in [-0.2, 0) is 6.42 Å². The molecule has 1 aromatic rings. The summed E-state index contributed by atoms with van der Waals surface area (Å²) >= 11 is 0. The van der Waals surface area contributed by atoms with Crippen LogP contribution in [0.25, 0.3) is 0 Å². The normalized spacial score (nSPS) is 39.9. The zero-order valence-electron chi connectivity index (χ0n) is 15.4. The van der Waals surface area contributed by atoms with Crippen molar-refractivity contribution in [2.45, 2.75) is 70.6 Å². The predicted molar refractivity (Wildman–Crippen MR) is 102 cm³/mol. The van der Waals surface area contributed by atoms with E-state index >= 15 is 0 Å². The first-order valence-corrected chi connectivity index (χ1v) is 10.7. The minimum atomic E-state index is 0.398. The number of fused-ring (bicyclic) bond motifs is 5. The fourth-order valence-corrected chi connectivity index (χ4v) is 7.37. The molecule has 3 fully saturated rings. The summed E-state index contributed by atoms with van der Waals surface area (Å²) in [5.74, 6) is 4.24. The number of allylic oxidation sites excluding steroid dienone is 2. The molecule has 0 amide bonds. The second kappa shape index (κ2) is 6.18. The standard InChI is InChI=1S/C24H32O/c25-19-10-7-17(8-11-19)16-24-14-3-6-23(24)22-12-9-18-4-1-2-5-20(18)21(22)13-15-24/h7-11,20-23,25H,1-6,12-16H2/t20-,21+,22+,23-,24-/m0/s1. The monoisotopic (exact) mass is 336 g/mol. The van der Waals surface area contributed by atoms with Crippen LogP contribution in [-0.4, -0.2) is 5.11 Å². The van der Waals surface area contributed by atoms with Gasteiger partial charge in [-0.2, -0.15) is 0 Å². The Morgan fingerprint density at radius 3 is 2.68 bits per heavy atom. The summed E-state index contributed by atoms with van der Waals surface area (Å²) in [5, 5.41) is 9.61. The first kappa shape index (κ1) is 16.0. The molecule has 1 heteroatoms. The van der Waals surface area contributed by atoms with E-state index < -0.39 is 0 Å². The average Bonchev–Trinajstić information content (AvgIpc) is 3.07. The molecule has 0 radical (unpaired) electrons. The molecule has 1 N–H and O–H groups in total. The van der Waals surface area contributed by atoms with E-state index in [2.05, 4.69) is 18.2 Å². The number of hydrogen-bond donors (Lipinski definition) is 1. The summed E-state index contributed by atoms with van der Waals surface area (Å²) < 4.78 is 0. The SMILES string of the molecule is Oc1ccc(C[C@@]23CCC[C@H]2[C@@H]2CC=C4CCCC[C@@H]4[C@H]2CC3)cc1. The van der Waals surface area contributed by atoms with Crippen LogP contribution in [0.2, 0.25) is 0 Å². The number of benzene rings is 1. The van der Waals surface area contributed by atoms with Gasteiger partial charge in [-0.3, -0.25) is 0 Å². The molecule has 3 saturated carbocycles. The van der Waals surface area contributed by atoms with Crippen molar-refractivity contribution in [1.82, 2.24) is 0 Å². The Labute approximate surface area is 152 Å². The first-order valence-electron chi connectivity index (χ1n) is 10.7. The van der Waals surface area contributed by atoms with Crippen LogP contribution in [0.3, 0.4) is 0 Å². The predicted octanol–water partition coefficient (Wildman–Crippen LogP) is 6.27. The van der Waals surface area contributed by atoms with Crippen molar-refractivity contribution >= 4 is 0 Å². The Morgan fingerprint density at radius 1 is 0.920 bits per heavy atom. The Balaban J connectivity index is 1.41. The van der Waals surface area contributed by atoms with Crippen molar-refractivity contribution in [2.75, 3.05) is 0 Å². The van der Waals surface area contributed by atoms with E-state index in [4.69, 9.17) is 0 Å². The third-order valence-corrected chi connectivity index (χ3v) is 8.39. The molecule has 0 unspecified atom stereocenters. The highest BCUT2D eigenvalue weighted by atomic mass is 16.3. The lowest BCUT2D eigenvalue weighted by molar-refractivity contribution is -0.00112. The maximum atomic E-state index is 9.61. The highest BCUT2D eigenvalue weighted by molar-refractivity contribution is 5.28. The van der Waals surface area contributed by atoms with Gasteiger partial charge in [-0.1, -0.05) is 36.6 Å². The maximum absolute atomic E-state index is 9.61. The molecule has 0 heterocycles. The Bertz CT molecular complexity index is 657. The molecule has 0 bridgehead atoms. The lowest BCUT2D eigenvalue weighted by Crippen LogP contribution is -2.45. The molecular weight excluding hydrogens is 304 g/mol. The minimum absolute atomic E-state index is 0.398. The zero-order valence-corrected chi connectivity index (χ0v) is 15.4. The smallest absolute Gasteiger partial charge is 0.115 e. The summed E-state index contributed by atoms with van der Waals surface area (Å²) in [4.78, 5) is 0. The first-order chi connectivity index (χ1) is 12.3. The van der Waals surface area contributed by atoms with Crippen LogP contribution < -0.4 is 0 Å². The molecule has 0 aromatic heterocycles. The van der Waals surface area contributed by atoms with E-state index in [9.17, 15) is 5.11 Å². The van der Waals surface area contributed by atoms with E-state index in [1.807, 2.05) is 17.7 Å². The van der Waals surface area contributed by atoms with Gasteiger partial charge in [-0.15, -0.1) is 0 Å². The summed E-state index contributed by atoms with van der Waals surface area (Å²) in [6, 6.07) is 8.07.